The van der Waals surface area contributed by atoms with Gasteiger partial charge in [-0.05, 0) is 12.1 Å². The fraction of sp³-hybridized carbons (Fsp3) is 0.545. The third kappa shape index (κ3) is 2.17. The van der Waals surface area contributed by atoms with Gasteiger partial charge in [-0.3, -0.25) is 4.98 Å². The van der Waals surface area contributed by atoms with E-state index in [1.165, 1.54) is 0 Å². The lowest BCUT2D eigenvalue weighted by molar-refractivity contribution is -0.0707. The molecule has 0 radical (unpaired) electrons. The molecule has 1 aromatic heterocycles. The summed E-state index contributed by atoms with van der Waals surface area (Å²) in [5, 5.41) is 19.3. The van der Waals surface area contributed by atoms with Gasteiger partial charge in [-0.1, -0.05) is 6.07 Å². The van der Waals surface area contributed by atoms with Crippen molar-refractivity contribution in [3.63, 3.8) is 0 Å². The minimum absolute atomic E-state index is 0.0968. The molecule has 0 aliphatic carbocycles. The summed E-state index contributed by atoms with van der Waals surface area (Å²) in [6.07, 6.45) is 1.13. The van der Waals surface area contributed by atoms with E-state index < -0.39 is 5.60 Å². The first kappa shape index (κ1) is 10.5. The summed E-state index contributed by atoms with van der Waals surface area (Å²) in [7, 11) is 0. The number of nitrogens with zero attached hydrogens (tertiary/aromatic N) is 1. The molecule has 0 amide bonds. The van der Waals surface area contributed by atoms with E-state index >= 15 is 0 Å². The first-order valence-corrected chi connectivity index (χ1v) is 5.12. The molecule has 0 bridgehead atoms. The Morgan fingerprint density at radius 2 is 2.07 bits per heavy atom. The van der Waals surface area contributed by atoms with Crippen LogP contribution in [0.3, 0.4) is 0 Å². The van der Waals surface area contributed by atoms with E-state index in [-0.39, 0.29) is 6.61 Å². The Bertz CT molecular complexity index is 334. The third-order valence-electron chi connectivity index (χ3n) is 2.77. The van der Waals surface area contributed by atoms with Gasteiger partial charge in [0, 0.05) is 26.1 Å². The number of aromatic nitrogens is 1. The van der Waals surface area contributed by atoms with Gasteiger partial charge < -0.3 is 14.9 Å². The lowest BCUT2D eigenvalue weighted by atomic mass is 9.90. The van der Waals surface area contributed by atoms with Crippen LogP contribution in [0.5, 0.6) is 0 Å². The highest BCUT2D eigenvalue weighted by molar-refractivity contribution is 5.17. The van der Waals surface area contributed by atoms with Gasteiger partial charge in [0.05, 0.1) is 18.0 Å². The Kier molecular flexibility index (Phi) is 3.00. The van der Waals surface area contributed by atoms with Crippen molar-refractivity contribution in [3.05, 3.63) is 29.6 Å². The average Bonchev–Trinajstić information content (AvgIpc) is 2.30. The number of hydrogen-bond acceptors (Lipinski definition) is 4. The predicted octanol–water partition coefficient (Wildman–Crippen LogP) is 0.572. The fourth-order valence-corrected chi connectivity index (χ4v) is 1.79. The lowest BCUT2D eigenvalue weighted by Crippen LogP contribution is -2.34. The molecule has 0 aromatic carbocycles. The van der Waals surface area contributed by atoms with Gasteiger partial charge in [0.2, 0.25) is 0 Å². The topological polar surface area (TPSA) is 62.6 Å². The Hall–Kier alpha value is -0.970. The lowest BCUT2D eigenvalue weighted by Gasteiger charge is -2.31. The third-order valence-corrected chi connectivity index (χ3v) is 2.77. The van der Waals surface area contributed by atoms with E-state index in [9.17, 15) is 5.11 Å². The van der Waals surface area contributed by atoms with Gasteiger partial charge in [-0.15, -0.1) is 0 Å². The quantitative estimate of drug-likeness (QED) is 0.747. The average molecular weight is 209 g/mol. The number of pyridine rings is 1. The molecule has 82 valence electrons. The summed E-state index contributed by atoms with van der Waals surface area (Å²) in [5.74, 6) is 0. The van der Waals surface area contributed by atoms with Crippen LogP contribution in [0.15, 0.2) is 18.2 Å². The van der Waals surface area contributed by atoms with E-state index in [2.05, 4.69) is 4.98 Å². The second-order valence-corrected chi connectivity index (χ2v) is 3.82. The molecule has 0 atom stereocenters. The molecule has 2 heterocycles. The molecule has 0 saturated carbocycles. The Morgan fingerprint density at radius 3 is 2.73 bits per heavy atom. The van der Waals surface area contributed by atoms with Crippen molar-refractivity contribution in [2.75, 3.05) is 13.2 Å². The SMILES string of the molecule is OCc1cccc(C2(O)CCOCC2)n1. The van der Waals surface area contributed by atoms with Gasteiger partial charge in [0.1, 0.15) is 5.60 Å². The molecule has 1 aromatic rings. The maximum absolute atomic E-state index is 10.3. The molecule has 4 heteroatoms. The summed E-state index contributed by atoms with van der Waals surface area (Å²) in [4.78, 5) is 4.23. The van der Waals surface area contributed by atoms with Crippen molar-refractivity contribution >= 4 is 0 Å². The van der Waals surface area contributed by atoms with Crippen LogP contribution < -0.4 is 0 Å². The summed E-state index contributed by atoms with van der Waals surface area (Å²) in [5.41, 5.74) is 0.341. The second kappa shape index (κ2) is 4.26. The van der Waals surface area contributed by atoms with Gasteiger partial charge in [-0.25, -0.2) is 0 Å². The molecule has 1 aliphatic rings. The zero-order valence-corrected chi connectivity index (χ0v) is 8.52. The van der Waals surface area contributed by atoms with E-state index in [0.717, 1.165) is 0 Å². The van der Waals surface area contributed by atoms with Crippen LogP contribution >= 0.6 is 0 Å². The molecule has 1 fully saturated rings. The van der Waals surface area contributed by atoms with Gasteiger partial charge >= 0.3 is 0 Å². The number of hydrogen-bond donors (Lipinski definition) is 2. The number of ether oxygens (including phenoxy) is 1. The Balaban J connectivity index is 2.26. The highest BCUT2D eigenvalue weighted by Crippen LogP contribution is 2.30. The molecular weight excluding hydrogens is 194 g/mol. The second-order valence-electron chi connectivity index (χ2n) is 3.82. The van der Waals surface area contributed by atoms with Crippen LogP contribution in [0.4, 0.5) is 0 Å². The smallest absolute Gasteiger partial charge is 0.111 e. The first-order chi connectivity index (χ1) is 7.24. The summed E-state index contributed by atoms with van der Waals surface area (Å²) >= 11 is 0. The molecule has 2 N–H and O–H groups in total. The van der Waals surface area contributed by atoms with Crippen LogP contribution in [0.25, 0.3) is 0 Å². The van der Waals surface area contributed by atoms with E-state index in [4.69, 9.17) is 9.84 Å². The van der Waals surface area contributed by atoms with Crippen molar-refractivity contribution in [2.45, 2.75) is 25.0 Å². The predicted molar refractivity (Wildman–Crippen MR) is 54.1 cm³/mol. The van der Waals surface area contributed by atoms with Crippen molar-refractivity contribution in [1.82, 2.24) is 4.98 Å². The Labute approximate surface area is 88.5 Å². The van der Waals surface area contributed by atoms with Gasteiger partial charge in [0.25, 0.3) is 0 Å². The number of rotatable bonds is 2. The summed E-state index contributed by atoms with van der Waals surface area (Å²) in [6, 6.07) is 5.35. The van der Waals surface area contributed by atoms with E-state index in [1.54, 1.807) is 18.2 Å². The van der Waals surface area contributed by atoms with E-state index in [0.29, 0.717) is 37.4 Å². The molecule has 15 heavy (non-hydrogen) atoms. The van der Waals surface area contributed by atoms with Gasteiger partial charge in [-0.2, -0.15) is 0 Å². The van der Waals surface area contributed by atoms with Crippen LogP contribution in [-0.4, -0.2) is 28.4 Å². The zero-order valence-electron chi connectivity index (χ0n) is 8.52. The standard InChI is InChI=1S/C11H15NO3/c13-8-9-2-1-3-10(12-9)11(14)4-6-15-7-5-11/h1-3,13-14H,4-8H2. The fourth-order valence-electron chi connectivity index (χ4n) is 1.79. The maximum Gasteiger partial charge on any atom is 0.111 e. The maximum atomic E-state index is 10.3. The van der Waals surface area contributed by atoms with Crippen LogP contribution in [0, 0.1) is 0 Å². The van der Waals surface area contributed by atoms with Crippen molar-refractivity contribution < 1.29 is 14.9 Å². The summed E-state index contributed by atoms with van der Waals surface area (Å²) in [6.45, 7) is 1.02. The number of aliphatic hydroxyl groups excluding tert-OH is 1. The minimum atomic E-state index is -0.885. The molecule has 0 spiro atoms. The van der Waals surface area contributed by atoms with Crippen molar-refractivity contribution in [2.24, 2.45) is 0 Å². The van der Waals surface area contributed by atoms with Crippen molar-refractivity contribution in [1.29, 1.82) is 0 Å². The molecule has 2 rings (SSSR count). The van der Waals surface area contributed by atoms with Crippen LogP contribution in [0.2, 0.25) is 0 Å². The zero-order chi connectivity index (χ0) is 10.7. The van der Waals surface area contributed by atoms with E-state index in [1.807, 2.05) is 0 Å². The summed E-state index contributed by atoms with van der Waals surface area (Å²) < 4.78 is 5.21. The monoisotopic (exact) mass is 209 g/mol. The van der Waals surface area contributed by atoms with Crippen LogP contribution in [-0.2, 0) is 16.9 Å². The normalized spacial score (nSPS) is 20.1. The highest BCUT2D eigenvalue weighted by atomic mass is 16.5. The molecule has 0 unspecified atom stereocenters. The Morgan fingerprint density at radius 1 is 1.33 bits per heavy atom. The molecule has 1 aliphatic heterocycles. The van der Waals surface area contributed by atoms with Crippen molar-refractivity contribution in [3.8, 4) is 0 Å². The van der Waals surface area contributed by atoms with Gasteiger partial charge in [0.15, 0.2) is 0 Å². The van der Waals surface area contributed by atoms with Crippen LogP contribution in [0.1, 0.15) is 24.2 Å². The first-order valence-electron chi connectivity index (χ1n) is 5.12. The highest BCUT2D eigenvalue weighted by Gasteiger charge is 2.33. The molecule has 4 nitrogen and oxygen atoms in total. The molecule has 1 saturated heterocycles. The largest absolute Gasteiger partial charge is 0.390 e. The molecular formula is C11H15NO3. The minimum Gasteiger partial charge on any atom is -0.390 e. The number of aliphatic hydroxyl groups is 2.